The maximum Gasteiger partial charge on any atom is 0.138 e. The third-order valence-electron chi connectivity index (χ3n) is 4.53. The molecular weight excluding hydrogens is 244 g/mol. The largest absolute Gasteiger partial charge is 0.393 e. The average molecular weight is 266 g/mol. The summed E-state index contributed by atoms with van der Waals surface area (Å²) in [5, 5.41) is 14.0. The molecule has 0 bridgehead atoms. The number of aliphatic hydroxyl groups is 1. The number of aryl methyl sites for hydroxylation is 1. The van der Waals surface area contributed by atoms with Crippen LogP contribution in [-0.2, 0) is 11.3 Å². The number of nitrogens with zero attached hydrogens (tertiary/aromatic N) is 2. The van der Waals surface area contributed by atoms with Crippen LogP contribution in [0.2, 0.25) is 0 Å². The molecule has 0 amide bonds. The Morgan fingerprint density at radius 1 is 1.47 bits per heavy atom. The molecule has 1 saturated carbocycles. The van der Waals surface area contributed by atoms with E-state index in [1.54, 1.807) is 6.20 Å². The molecule has 2 fully saturated rings. The molecule has 1 N–H and O–H groups in total. The van der Waals surface area contributed by atoms with Gasteiger partial charge in [-0.05, 0) is 19.8 Å². The van der Waals surface area contributed by atoms with Crippen molar-refractivity contribution < 1.29 is 14.4 Å². The fraction of sp³-hybridized carbons (Fsp3) is 0.786. The third-order valence-corrected chi connectivity index (χ3v) is 4.53. The molecule has 1 aliphatic heterocycles. The highest BCUT2D eigenvalue weighted by molar-refractivity contribution is 5.11. The molecule has 0 aromatic carbocycles. The quantitative estimate of drug-likeness (QED) is 0.894. The second kappa shape index (κ2) is 5.61. The first-order chi connectivity index (χ1) is 9.25. The molecule has 5 heteroatoms. The lowest BCUT2D eigenvalue weighted by molar-refractivity contribution is -0.0537. The van der Waals surface area contributed by atoms with E-state index in [1.165, 1.54) is 0 Å². The zero-order valence-corrected chi connectivity index (χ0v) is 11.4. The van der Waals surface area contributed by atoms with Crippen molar-refractivity contribution in [3.8, 4) is 0 Å². The van der Waals surface area contributed by atoms with Gasteiger partial charge in [-0.1, -0.05) is 11.6 Å². The summed E-state index contributed by atoms with van der Waals surface area (Å²) in [4.78, 5) is 2.42. The summed E-state index contributed by atoms with van der Waals surface area (Å²) in [6.07, 6.45) is 4.79. The van der Waals surface area contributed by atoms with Crippen molar-refractivity contribution in [1.82, 2.24) is 10.1 Å². The molecule has 1 aliphatic carbocycles. The predicted octanol–water partition coefficient (Wildman–Crippen LogP) is 1.34. The molecule has 106 valence electrons. The predicted molar refractivity (Wildman–Crippen MR) is 69.6 cm³/mol. The lowest BCUT2D eigenvalue weighted by Gasteiger charge is -2.39. The summed E-state index contributed by atoms with van der Waals surface area (Å²) in [5.74, 6) is 1.23. The fourth-order valence-corrected chi connectivity index (χ4v) is 3.36. The summed E-state index contributed by atoms with van der Waals surface area (Å²) >= 11 is 0. The molecule has 3 rings (SSSR count). The van der Waals surface area contributed by atoms with Crippen molar-refractivity contribution in [3.63, 3.8) is 0 Å². The minimum Gasteiger partial charge on any atom is -0.393 e. The summed E-state index contributed by atoms with van der Waals surface area (Å²) in [7, 11) is 0. The highest BCUT2D eigenvalue weighted by Gasteiger charge is 2.37. The number of aliphatic hydroxyl groups excluding tert-OH is 1. The van der Waals surface area contributed by atoms with E-state index in [0.29, 0.717) is 12.0 Å². The summed E-state index contributed by atoms with van der Waals surface area (Å²) < 4.78 is 10.8. The number of rotatable bonds is 3. The topological polar surface area (TPSA) is 58.7 Å². The number of hydrogen-bond donors (Lipinski definition) is 1. The maximum absolute atomic E-state index is 10.1. The van der Waals surface area contributed by atoms with Crippen LogP contribution in [0.1, 0.15) is 30.6 Å². The first kappa shape index (κ1) is 13.1. The molecule has 3 atom stereocenters. The zero-order valence-electron chi connectivity index (χ0n) is 11.4. The van der Waals surface area contributed by atoms with E-state index in [2.05, 4.69) is 10.1 Å². The van der Waals surface area contributed by atoms with Crippen molar-refractivity contribution in [3.05, 3.63) is 17.5 Å². The molecule has 1 aromatic heterocycles. The van der Waals surface area contributed by atoms with Gasteiger partial charge in [-0.3, -0.25) is 4.90 Å². The third kappa shape index (κ3) is 2.68. The minimum absolute atomic E-state index is 0.169. The van der Waals surface area contributed by atoms with Crippen LogP contribution in [0.3, 0.4) is 0 Å². The van der Waals surface area contributed by atoms with Gasteiger partial charge in [0.25, 0.3) is 0 Å². The second-order valence-electron chi connectivity index (χ2n) is 5.68. The number of morpholine rings is 1. The van der Waals surface area contributed by atoms with Crippen LogP contribution in [-0.4, -0.2) is 47.1 Å². The van der Waals surface area contributed by atoms with E-state index in [4.69, 9.17) is 9.26 Å². The van der Waals surface area contributed by atoms with Crippen LogP contribution >= 0.6 is 0 Å². The molecule has 1 saturated heterocycles. The minimum atomic E-state index is -0.169. The van der Waals surface area contributed by atoms with Crippen LogP contribution < -0.4 is 0 Å². The zero-order chi connectivity index (χ0) is 13.2. The van der Waals surface area contributed by atoms with Gasteiger partial charge in [-0.2, -0.15) is 0 Å². The van der Waals surface area contributed by atoms with Gasteiger partial charge in [0.2, 0.25) is 0 Å². The molecule has 2 heterocycles. The number of ether oxygens (including phenoxy) is 1. The van der Waals surface area contributed by atoms with Crippen molar-refractivity contribution in [1.29, 1.82) is 0 Å². The molecule has 0 spiro atoms. The second-order valence-corrected chi connectivity index (χ2v) is 5.68. The van der Waals surface area contributed by atoms with E-state index in [-0.39, 0.29) is 6.10 Å². The summed E-state index contributed by atoms with van der Waals surface area (Å²) in [6, 6.07) is 0.320. The summed E-state index contributed by atoms with van der Waals surface area (Å²) in [6.45, 7) is 5.20. The first-order valence-electron chi connectivity index (χ1n) is 7.15. The summed E-state index contributed by atoms with van der Waals surface area (Å²) in [5.41, 5.74) is 1.14. The molecular formula is C14H22N2O3. The highest BCUT2D eigenvalue weighted by Crippen LogP contribution is 2.32. The van der Waals surface area contributed by atoms with Crippen LogP contribution in [0.5, 0.6) is 0 Å². The van der Waals surface area contributed by atoms with Crippen molar-refractivity contribution in [2.24, 2.45) is 5.92 Å². The Bertz CT molecular complexity index is 421. The van der Waals surface area contributed by atoms with Gasteiger partial charge in [0.1, 0.15) is 5.76 Å². The molecule has 19 heavy (non-hydrogen) atoms. The van der Waals surface area contributed by atoms with Gasteiger partial charge in [-0.25, -0.2) is 0 Å². The molecule has 0 unspecified atom stereocenters. The van der Waals surface area contributed by atoms with E-state index in [9.17, 15) is 5.11 Å². The van der Waals surface area contributed by atoms with E-state index in [0.717, 1.165) is 56.9 Å². The Morgan fingerprint density at radius 2 is 2.37 bits per heavy atom. The normalized spacial score (nSPS) is 32.8. The van der Waals surface area contributed by atoms with Crippen molar-refractivity contribution in [2.75, 3.05) is 19.8 Å². The van der Waals surface area contributed by atoms with Crippen LogP contribution in [0, 0.1) is 12.8 Å². The van der Waals surface area contributed by atoms with Gasteiger partial charge in [0.05, 0.1) is 25.5 Å². The SMILES string of the molecule is Cc1oncc1CN1CCOC[C@@H]1[C@@H]1CCC[C@@H]1O. The van der Waals surface area contributed by atoms with Crippen molar-refractivity contribution in [2.45, 2.75) is 44.9 Å². The fourth-order valence-electron chi connectivity index (χ4n) is 3.36. The van der Waals surface area contributed by atoms with Gasteiger partial charge in [0, 0.05) is 30.6 Å². The van der Waals surface area contributed by atoms with Gasteiger partial charge < -0.3 is 14.4 Å². The maximum atomic E-state index is 10.1. The number of aromatic nitrogens is 1. The lowest BCUT2D eigenvalue weighted by Crippen LogP contribution is -2.50. The van der Waals surface area contributed by atoms with E-state index < -0.39 is 0 Å². The Kier molecular flexibility index (Phi) is 3.86. The highest BCUT2D eigenvalue weighted by atomic mass is 16.5. The van der Waals surface area contributed by atoms with Gasteiger partial charge >= 0.3 is 0 Å². The average Bonchev–Trinajstić information content (AvgIpc) is 3.00. The Labute approximate surface area is 113 Å². The lowest BCUT2D eigenvalue weighted by atomic mass is 9.94. The van der Waals surface area contributed by atoms with Crippen LogP contribution in [0.15, 0.2) is 10.7 Å². The number of hydrogen-bond acceptors (Lipinski definition) is 5. The Hall–Kier alpha value is -0.910. The van der Waals surface area contributed by atoms with Gasteiger partial charge in [-0.15, -0.1) is 0 Å². The smallest absolute Gasteiger partial charge is 0.138 e. The molecule has 0 radical (unpaired) electrons. The molecule has 2 aliphatic rings. The Balaban J connectivity index is 1.72. The van der Waals surface area contributed by atoms with E-state index in [1.807, 2.05) is 6.92 Å². The van der Waals surface area contributed by atoms with Gasteiger partial charge in [0.15, 0.2) is 0 Å². The van der Waals surface area contributed by atoms with Crippen LogP contribution in [0.25, 0.3) is 0 Å². The molecule has 5 nitrogen and oxygen atoms in total. The Morgan fingerprint density at radius 3 is 3.05 bits per heavy atom. The monoisotopic (exact) mass is 266 g/mol. The van der Waals surface area contributed by atoms with Crippen molar-refractivity contribution >= 4 is 0 Å². The standard InChI is InChI=1S/C14H22N2O3/c1-10-11(7-15-19-10)8-16-5-6-18-9-13(16)12-3-2-4-14(12)17/h7,12-14,17H,2-6,8-9H2,1H3/t12-,13+,14-/m0/s1. The molecule has 1 aromatic rings. The first-order valence-corrected chi connectivity index (χ1v) is 7.15. The van der Waals surface area contributed by atoms with E-state index >= 15 is 0 Å². The van der Waals surface area contributed by atoms with Crippen LogP contribution in [0.4, 0.5) is 0 Å².